The summed E-state index contributed by atoms with van der Waals surface area (Å²) in [5, 5.41) is 13.5. The summed E-state index contributed by atoms with van der Waals surface area (Å²) in [5.74, 6) is 0. The van der Waals surface area contributed by atoms with Gasteiger partial charge in [-0.05, 0) is 37.5 Å². The average Bonchev–Trinajstić information content (AvgIpc) is 2.38. The Morgan fingerprint density at radius 1 is 1.00 bits per heavy atom. The number of nitrogens with one attached hydrogen (secondary N) is 1. The molecule has 0 aliphatic heterocycles. The predicted octanol–water partition coefficient (Wildman–Crippen LogP) is 3.76. The summed E-state index contributed by atoms with van der Waals surface area (Å²) in [6.07, 6.45) is -0.485. The van der Waals surface area contributed by atoms with Gasteiger partial charge in [-0.1, -0.05) is 48.0 Å². The van der Waals surface area contributed by atoms with E-state index >= 15 is 0 Å². The SMILES string of the molecule is Cc1cc(C)c(NCC(O)c2ccccc2)c(C)c1. The normalized spacial score (nSPS) is 12.2. The standard InChI is InChI=1S/C17H21NO/c1-12-9-13(2)17(14(3)10-12)18-11-16(19)15-7-5-4-6-8-15/h4-10,16,18-19H,11H2,1-3H3. The molecular weight excluding hydrogens is 234 g/mol. The van der Waals surface area contributed by atoms with Crippen molar-refractivity contribution in [1.82, 2.24) is 0 Å². The van der Waals surface area contributed by atoms with Crippen molar-refractivity contribution in [1.29, 1.82) is 0 Å². The Morgan fingerprint density at radius 3 is 2.16 bits per heavy atom. The lowest BCUT2D eigenvalue weighted by Gasteiger charge is -2.17. The van der Waals surface area contributed by atoms with Gasteiger partial charge in [0.25, 0.3) is 0 Å². The monoisotopic (exact) mass is 255 g/mol. The van der Waals surface area contributed by atoms with Crippen LogP contribution in [0.4, 0.5) is 5.69 Å². The van der Waals surface area contributed by atoms with Crippen LogP contribution in [0.1, 0.15) is 28.4 Å². The summed E-state index contributed by atoms with van der Waals surface area (Å²) in [4.78, 5) is 0. The van der Waals surface area contributed by atoms with Crippen molar-refractivity contribution < 1.29 is 5.11 Å². The molecule has 2 N–H and O–H groups in total. The zero-order valence-corrected chi connectivity index (χ0v) is 11.8. The zero-order valence-electron chi connectivity index (χ0n) is 11.8. The second-order valence-electron chi connectivity index (χ2n) is 5.08. The Morgan fingerprint density at radius 2 is 1.58 bits per heavy atom. The van der Waals surface area contributed by atoms with Gasteiger partial charge in [0.05, 0.1) is 6.10 Å². The zero-order chi connectivity index (χ0) is 13.8. The minimum absolute atomic E-state index is 0.485. The smallest absolute Gasteiger partial charge is 0.0962 e. The first-order valence-corrected chi connectivity index (χ1v) is 6.62. The molecule has 2 aromatic carbocycles. The van der Waals surface area contributed by atoms with E-state index in [1.807, 2.05) is 30.3 Å². The Bertz CT molecular complexity index is 525. The highest BCUT2D eigenvalue weighted by Gasteiger charge is 2.09. The first kappa shape index (κ1) is 13.6. The van der Waals surface area contributed by atoms with E-state index in [0.717, 1.165) is 11.3 Å². The molecule has 0 fully saturated rings. The summed E-state index contributed by atoms with van der Waals surface area (Å²) in [5.41, 5.74) is 5.78. The van der Waals surface area contributed by atoms with Crippen molar-refractivity contribution in [3.05, 3.63) is 64.7 Å². The summed E-state index contributed by atoms with van der Waals surface area (Å²) >= 11 is 0. The van der Waals surface area contributed by atoms with Gasteiger partial charge in [-0.15, -0.1) is 0 Å². The van der Waals surface area contributed by atoms with Crippen molar-refractivity contribution in [2.45, 2.75) is 26.9 Å². The van der Waals surface area contributed by atoms with Crippen LogP contribution in [-0.2, 0) is 0 Å². The summed E-state index contributed by atoms with van der Waals surface area (Å²) in [6.45, 7) is 6.81. The molecule has 0 spiro atoms. The third-order valence-corrected chi connectivity index (χ3v) is 3.33. The molecule has 2 rings (SSSR count). The maximum Gasteiger partial charge on any atom is 0.0962 e. The van der Waals surface area contributed by atoms with Gasteiger partial charge < -0.3 is 10.4 Å². The van der Waals surface area contributed by atoms with Crippen LogP contribution < -0.4 is 5.32 Å². The molecule has 0 saturated carbocycles. The fourth-order valence-corrected chi connectivity index (χ4v) is 2.45. The van der Waals surface area contributed by atoms with Crippen LogP contribution in [0.15, 0.2) is 42.5 Å². The molecule has 0 aromatic heterocycles. The molecule has 0 radical (unpaired) electrons. The van der Waals surface area contributed by atoms with E-state index < -0.39 is 6.10 Å². The van der Waals surface area contributed by atoms with Crippen LogP contribution in [0.2, 0.25) is 0 Å². The van der Waals surface area contributed by atoms with E-state index in [0.29, 0.717) is 6.54 Å². The molecule has 19 heavy (non-hydrogen) atoms. The molecule has 0 amide bonds. The first-order valence-electron chi connectivity index (χ1n) is 6.62. The molecule has 0 heterocycles. The van der Waals surface area contributed by atoms with Gasteiger partial charge in [0, 0.05) is 12.2 Å². The van der Waals surface area contributed by atoms with E-state index in [-0.39, 0.29) is 0 Å². The highest BCUT2D eigenvalue weighted by Crippen LogP contribution is 2.23. The third-order valence-electron chi connectivity index (χ3n) is 3.33. The summed E-state index contributed by atoms with van der Waals surface area (Å²) < 4.78 is 0. The fraction of sp³-hybridized carbons (Fsp3) is 0.294. The lowest BCUT2D eigenvalue weighted by atomic mass is 10.0. The van der Waals surface area contributed by atoms with Crippen molar-refractivity contribution in [2.75, 3.05) is 11.9 Å². The number of anilines is 1. The van der Waals surface area contributed by atoms with Gasteiger partial charge in [0.15, 0.2) is 0 Å². The van der Waals surface area contributed by atoms with Crippen molar-refractivity contribution in [3.63, 3.8) is 0 Å². The van der Waals surface area contributed by atoms with Crippen molar-refractivity contribution >= 4 is 5.69 Å². The molecular formula is C17H21NO. The summed E-state index contributed by atoms with van der Waals surface area (Å²) in [7, 11) is 0. The van der Waals surface area contributed by atoms with Gasteiger partial charge in [-0.2, -0.15) is 0 Å². The number of hydrogen-bond donors (Lipinski definition) is 2. The van der Waals surface area contributed by atoms with Crippen LogP contribution in [-0.4, -0.2) is 11.7 Å². The van der Waals surface area contributed by atoms with Gasteiger partial charge in [-0.25, -0.2) is 0 Å². The molecule has 100 valence electrons. The minimum atomic E-state index is -0.485. The molecule has 2 heteroatoms. The maximum atomic E-state index is 10.2. The van der Waals surface area contributed by atoms with Crippen LogP contribution >= 0.6 is 0 Å². The van der Waals surface area contributed by atoms with Crippen LogP contribution in [0.3, 0.4) is 0 Å². The molecule has 2 nitrogen and oxygen atoms in total. The van der Waals surface area contributed by atoms with E-state index in [1.54, 1.807) is 0 Å². The largest absolute Gasteiger partial charge is 0.387 e. The number of hydrogen-bond acceptors (Lipinski definition) is 2. The number of aryl methyl sites for hydroxylation is 3. The lowest BCUT2D eigenvalue weighted by Crippen LogP contribution is -2.13. The third kappa shape index (κ3) is 3.36. The maximum absolute atomic E-state index is 10.2. The van der Waals surface area contributed by atoms with Gasteiger partial charge >= 0.3 is 0 Å². The van der Waals surface area contributed by atoms with Crippen LogP contribution in [0, 0.1) is 20.8 Å². The highest BCUT2D eigenvalue weighted by atomic mass is 16.3. The molecule has 1 unspecified atom stereocenters. The number of aliphatic hydroxyl groups excluding tert-OH is 1. The second kappa shape index (κ2) is 5.89. The number of benzene rings is 2. The van der Waals surface area contributed by atoms with Crippen LogP contribution in [0.5, 0.6) is 0 Å². The quantitative estimate of drug-likeness (QED) is 0.872. The van der Waals surface area contributed by atoms with E-state index in [2.05, 4.69) is 38.2 Å². The predicted molar refractivity (Wildman–Crippen MR) is 80.5 cm³/mol. The van der Waals surface area contributed by atoms with Gasteiger partial charge in [0.2, 0.25) is 0 Å². The summed E-state index contributed by atoms with van der Waals surface area (Å²) in [6, 6.07) is 14.1. The van der Waals surface area contributed by atoms with E-state index in [1.165, 1.54) is 16.7 Å². The molecule has 0 saturated heterocycles. The Hall–Kier alpha value is -1.80. The highest BCUT2D eigenvalue weighted by molar-refractivity contribution is 5.58. The van der Waals surface area contributed by atoms with Crippen LogP contribution in [0.25, 0.3) is 0 Å². The average molecular weight is 255 g/mol. The topological polar surface area (TPSA) is 32.3 Å². The minimum Gasteiger partial charge on any atom is -0.387 e. The molecule has 2 aromatic rings. The van der Waals surface area contributed by atoms with Gasteiger partial charge in [0.1, 0.15) is 0 Å². The Kier molecular flexibility index (Phi) is 4.23. The van der Waals surface area contributed by atoms with Crippen molar-refractivity contribution in [3.8, 4) is 0 Å². The van der Waals surface area contributed by atoms with Crippen molar-refractivity contribution in [2.24, 2.45) is 0 Å². The number of rotatable bonds is 4. The Labute approximate surface area is 115 Å². The first-order chi connectivity index (χ1) is 9.08. The lowest BCUT2D eigenvalue weighted by molar-refractivity contribution is 0.191. The number of aliphatic hydroxyl groups is 1. The fourth-order valence-electron chi connectivity index (χ4n) is 2.45. The molecule has 0 aliphatic carbocycles. The van der Waals surface area contributed by atoms with Gasteiger partial charge in [-0.3, -0.25) is 0 Å². The molecule has 1 atom stereocenters. The van der Waals surface area contributed by atoms with E-state index in [4.69, 9.17) is 0 Å². The molecule has 0 aliphatic rings. The molecule has 0 bridgehead atoms. The van der Waals surface area contributed by atoms with E-state index in [9.17, 15) is 5.11 Å². The second-order valence-corrected chi connectivity index (χ2v) is 5.08. The Balaban J connectivity index is 2.07.